The van der Waals surface area contributed by atoms with Crippen molar-refractivity contribution < 1.29 is 13.9 Å². The van der Waals surface area contributed by atoms with Gasteiger partial charge in [0.1, 0.15) is 11.9 Å². The van der Waals surface area contributed by atoms with Gasteiger partial charge in [0, 0.05) is 13.0 Å². The molecule has 1 aromatic carbocycles. The summed E-state index contributed by atoms with van der Waals surface area (Å²) in [4.78, 5) is 13.2. The normalized spacial score (nSPS) is 20.2. The van der Waals surface area contributed by atoms with Gasteiger partial charge in [-0.2, -0.15) is 0 Å². The third-order valence-electron chi connectivity index (χ3n) is 2.76. The summed E-state index contributed by atoms with van der Waals surface area (Å²) < 4.78 is 17.9. The zero-order valence-electron chi connectivity index (χ0n) is 9.15. The molecule has 86 valence electrons. The Kier molecular flexibility index (Phi) is 3.19. The molecule has 4 heteroatoms. The number of ether oxygens (including phenoxy) is 1. The van der Waals surface area contributed by atoms with E-state index in [1.165, 1.54) is 12.1 Å². The van der Waals surface area contributed by atoms with Gasteiger partial charge in [-0.1, -0.05) is 12.1 Å². The lowest BCUT2D eigenvalue weighted by molar-refractivity contribution is -0.142. The van der Waals surface area contributed by atoms with Gasteiger partial charge in [0.15, 0.2) is 0 Å². The van der Waals surface area contributed by atoms with Crippen LogP contribution in [0.15, 0.2) is 24.3 Å². The highest BCUT2D eigenvalue weighted by atomic mass is 19.1. The second-order valence-electron chi connectivity index (χ2n) is 4.02. The van der Waals surface area contributed by atoms with Crippen molar-refractivity contribution in [3.05, 3.63) is 35.6 Å². The number of hydrogen-bond acceptors (Lipinski definition) is 3. The Balaban J connectivity index is 2.01. The summed E-state index contributed by atoms with van der Waals surface area (Å²) in [7, 11) is 1.85. The molecule has 1 aliphatic heterocycles. The van der Waals surface area contributed by atoms with E-state index in [2.05, 4.69) is 0 Å². The number of halogens is 1. The Morgan fingerprint density at radius 2 is 2.38 bits per heavy atom. The van der Waals surface area contributed by atoms with Gasteiger partial charge < -0.3 is 4.74 Å². The summed E-state index contributed by atoms with van der Waals surface area (Å²) in [6, 6.07) is 6.22. The first-order valence-corrected chi connectivity index (χ1v) is 5.28. The van der Waals surface area contributed by atoms with Crippen molar-refractivity contribution in [2.24, 2.45) is 0 Å². The van der Waals surface area contributed by atoms with Gasteiger partial charge in [0.05, 0.1) is 6.61 Å². The summed E-state index contributed by atoms with van der Waals surface area (Å²) in [5, 5.41) is 0. The molecule has 1 heterocycles. The van der Waals surface area contributed by atoms with Crippen molar-refractivity contribution in [2.45, 2.75) is 19.0 Å². The quantitative estimate of drug-likeness (QED) is 0.728. The van der Waals surface area contributed by atoms with Crippen LogP contribution in [0.25, 0.3) is 0 Å². The van der Waals surface area contributed by atoms with Gasteiger partial charge in [-0.15, -0.1) is 0 Å². The third kappa shape index (κ3) is 2.39. The lowest BCUT2D eigenvalue weighted by Crippen LogP contribution is -2.34. The van der Waals surface area contributed by atoms with E-state index in [1.54, 1.807) is 6.07 Å². The Morgan fingerprint density at radius 3 is 3.00 bits per heavy atom. The lowest BCUT2D eigenvalue weighted by atomic mass is 10.1. The number of likely N-dealkylation sites (N-methyl/N-ethyl adjacent to an activating group) is 1. The second kappa shape index (κ2) is 4.61. The van der Waals surface area contributed by atoms with Gasteiger partial charge >= 0.3 is 5.97 Å². The first kappa shape index (κ1) is 11.1. The van der Waals surface area contributed by atoms with Crippen molar-refractivity contribution in [2.75, 3.05) is 13.7 Å². The average molecular weight is 223 g/mol. The third-order valence-corrected chi connectivity index (χ3v) is 2.76. The molecule has 0 bridgehead atoms. The van der Waals surface area contributed by atoms with Gasteiger partial charge in [0.25, 0.3) is 0 Å². The molecule has 0 spiro atoms. The molecule has 3 nitrogen and oxygen atoms in total. The van der Waals surface area contributed by atoms with E-state index in [9.17, 15) is 9.18 Å². The molecule has 2 rings (SSSR count). The molecule has 1 atom stereocenters. The molecule has 0 N–H and O–H groups in total. The highest BCUT2D eigenvalue weighted by molar-refractivity contribution is 5.77. The van der Waals surface area contributed by atoms with Crippen LogP contribution in [0.2, 0.25) is 0 Å². The fraction of sp³-hybridized carbons (Fsp3) is 0.417. The van der Waals surface area contributed by atoms with E-state index in [4.69, 9.17) is 4.74 Å². The van der Waals surface area contributed by atoms with E-state index in [1.807, 2.05) is 18.0 Å². The summed E-state index contributed by atoms with van der Waals surface area (Å²) in [5.74, 6) is -0.432. The molecular formula is C12H14FNO2. The summed E-state index contributed by atoms with van der Waals surface area (Å²) in [6.07, 6.45) is 0.713. The minimum Gasteiger partial charge on any atom is -0.464 e. The van der Waals surface area contributed by atoms with Crippen molar-refractivity contribution in [1.29, 1.82) is 0 Å². The number of rotatable bonds is 3. The maximum absolute atomic E-state index is 13.0. The topological polar surface area (TPSA) is 29.5 Å². The van der Waals surface area contributed by atoms with Crippen molar-refractivity contribution in [1.82, 2.24) is 4.90 Å². The number of nitrogens with zero attached hydrogens (tertiary/aromatic N) is 1. The lowest BCUT2D eigenvalue weighted by Gasteiger charge is -2.20. The maximum Gasteiger partial charge on any atom is 0.323 e. The van der Waals surface area contributed by atoms with Crippen LogP contribution < -0.4 is 0 Å². The SMILES string of the molecule is CN(Cc1cccc(F)c1)C1CCOC1=O. The van der Waals surface area contributed by atoms with Crippen LogP contribution in [-0.4, -0.2) is 30.6 Å². The monoisotopic (exact) mass is 223 g/mol. The molecule has 0 saturated carbocycles. The summed E-state index contributed by atoms with van der Waals surface area (Å²) in [5.41, 5.74) is 0.863. The first-order chi connectivity index (χ1) is 7.66. The fourth-order valence-electron chi connectivity index (χ4n) is 1.92. The number of carbonyl (C=O) groups excluding carboxylic acids is 1. The molecule has 0 amide bonds. The van der Waals surface area contributed by atoms with Crippen LogP contribution in [0.1, 0.15) is 12.0 Å². The number of esters is 1. The molecule has 0 aromatic heterocycles. The van der Waals surface area contributed by atoms with Gasteiger partial charge in [-0.05, 0) is 24.7 Å². The Hall–Kier alpha value is -1.42. The first-order valence-electron chi connectivity index (χ1n) is 5.28. The van der Waals surface area contributed by atoms with Crippen molar-refractivity contribution >= 4 is 5.97 Å². The zero-order valence-corrected chi connectivity index (χ0v) is 9.15. The predicted octanol–water partition coefficient (Wildman–Crippen LogP) is 1.57. The minimum absolute atomic E-state index is 0.182. The summed E-state index contributed by atoms with van der Waals surface area (Å²) in [6.45, 7) is 1.04. The molecule has 16 heavy (non-hydrogen) atoms. The highest BCUT2D eigenvalue weighted by Crippen LogP contribution is 2.15. The molecule has 1 aromatic rings. The van der Waals surface area contributed by atoms with E-state index >= 15 is 0 Å². The van der Waals surface area contributed by atoms with E-state index in [0.717, 1.165) is 5.56 Å². The highest BCUT2D eigenvalue weighted by Gasteiger charge is 2.29. The van der Waals surface area contributed by atoms with E-state index in [0.29, 0.717) is 19.6 Å². The van der Waals surface area contributed by atoms with Gasteiger partial charge in [0.2, 0.25) is 0 Å². The summed E-state index contributed by atoms with van der Waals surface area (Å²) >= 11 is 0. The average Bonchev–Trinajstić information content (AvgIpc) is 2.64. The zero-order chi connectivity index (χ0) is 11.5. The van der Waals surface area contributed by atoms with Crippen molar-refractivity contribution in [3.63, 3.8) is 0 Å². The number of cyclic esters (lactones) is 1. The molecule has 1 aliphatic rings. The van der Waals surface area contributed by atoms with Gasteiger partial charge in [-0.25, -0.2) is 4.39 Å². The van der Waals surface area contributed by atoms with Crippen LogP contribution >= 0.6 is 0 Å². The van der Waals surface area contributed by atoms with E-state index < -0.39 is 0 Å². The number of hydrogen-bond donors (Lipinski definition) is 0. The molecular weight excluding hydrogens is 209 g/mol. The molecule has 0 radical (unpaired) electrons. The van der Waals surface area contributed by atoms with Crippen LogP contribution in [0.5, 0.6) is 0 Å². The van der Waals surface area contributed by atoms with Crippen LogP contribution in [0, 0.1) is 5.82 Å². The van der Waals surface area contributed by atoms with Crippen molar-refractivity contribution in [3.8, 4) is 0 Å². The van der Waals surface area contributed by atoms with Crippen LogP contribution in [-0.2, 0) is 16.1 Å². The predicted molar refractivity (Wildman–Crippen MR) is 57.2 cm³/mol. The van der Waals surface area contributed by atoms with Crippen LogP contribution in [0.4, 0.5) is 4.39 Å². The number of benzene rings is 1. The maximum atomic E-state index is 13.0. The Morgan fingerprint density at radius 1 is 1.56 bits per heavy atom. The Bertz CT molecular complexity index is 394. The molecule has 1 saturated heterocycles. The van der Waals surface area contributed by atoms with E-state index in [-0.39, 0.29) is 17.8 Å². The largest absolute Gasteiger partial charge is 0.464 e. The fourth-order valence-corrected chi connectivity index (χ4v) is 1.92. The second-order valence-corrected chi connectivity index (χ2v) is 4.02. The minimum atomic E-state index is -0.250. The standard InChI is InChI=1S/C12H14FNO2/c1-14(11-5-6-16-12(11)15)8-9-3-2-4-10(13)7-9/h2-4,7,11H,5-6,8H2,1H3. The molecule has 1 unspecified atom stereocenters. The smallest absolute Gasteiger partial charge is 0.323 e. The Labute approximate surface area is 93.8 Å². The van der Waals surface area contributed by atoms with Crippen LogP contribution in [0.3, 0.4) is 0 Å². The molecule has 0 aliphatic carbocycles. The molecule has 1 fully saturated rings. The van der Waals surface area contributed by atoms with Gasteiger partial charge in [-0.3, -0.25) is 9.69 Å². The number of carbonyl (C=O) groups is 1.